The molecule has 13 heavy (non-hydrogen) atoms. The number of ketones is 2. The van der Waals surface area contributed by atoms with E-state index in [1.54, 1.807) is 6.08 Å². The zero-order valence-electron chi connectivity index (χ0n) is 7.76. The number of allylic oxidation sites excluding steroid dienone is 4. The van der Waals surface area contributed by atoms with Crippen molar-refractivity contribution >= 4 is 11.6 Å². The third kappa shape index (κ3) is 0.991. The van der Waals surface area contributed by atoms with E-state index in [4.69, 9.17) is 0 Å². The van der Waals surface area contributed by atoms with Crippen LogP contribution in [0.15, 0.2) is 17.7 Å². The zero-order valence-corrected chi connectivity index (χ0v) is 7.76. The van der Waals surface area contributed by atoms with Gasteiger partial charge in [0.05, 0.1) is 12.2 Å². The summed E-state index contributed by atoms with van der Waals surface area (Å²) in [5.41, 5.74) is 0.376. The number of fused-ring (bicyclic) bond motifs is 1. The lowest BCUT2D eigenvalue weighted by Gasteiger charge is -2.26. The third-order valence-electron chi connectivity index (χ3n) is 3.16. The molecule has 0 aromatic carbocycles. The molecule has 2 aliphatic carbocycles. The van der Waals surface area contributed by atoms with E-state index in [0.717, 1.165) is 0 Å². The molecule has 0 unspecified atom stereocenters. The fourth-order valence-corrected chi connectivity index (χ4v) is 1.98. The van der Waals surface area contributed by atoms with Crippen molar-refractivity contribution in [2.45, 2.75) is 20.3 Å². The second-order valence-electron chi connectivity index (χ2n) is 4.03. The number of carbonyl (C=O) groups excluding carboxylic acids is 2. The molecule has 0 bridgehead atoms. The number of hydrogen-bond acceptors (Lipinski definition) is 2. The van der Waals surface area contributed by atoms with Gasteiger partial charge in [-0.15, -0.1) is 0 Å². The fourth-order valence-electron chi connectivity index (χ4n) is 1.98. The van der Waals surface area contributed by atoms with Crippen LogP contribution >= 0.6 is 0 Å². The van der Waals surface area contributed by atoms with Crippen molar-refractivity contribution in [3.05, 3.63) is 23.8 Å². The van der Waals surface area contributed by atoms with Crippen LogP contribution in [0, 0.1) is 17.4 Å². The molecular formula is C11H11O2+. The van der Waals surface area contributed by atoms with Crippen molar-refractivity contribution in [3.8, 4) is 0 Å². The van der Waals surface area contributed by atoms with E-state index >= 15 is 0 Å². The maximum absolute atomic E-state index is 11.3. The molecule has 0 aliphatic heterocycles. The Labute approximate surface area is 77.3 Å². The molecular weight excluding hydrogens is 164 g/mol. The van der Waals surface area contributed by atoms with Gasteiger partial charge in [-0.05, 0) is 12.8 Å². The molecule has 2 heteroatoms. The van der Waals surface area contributed by atoms with Gasteiger partial charge in [-0.25, -0.2) is 4.79 Å². The molecule has 0 aromatic rings. The smallest absolute Gasteiger partial charge is 0.293 e. The highest BCUT2D eigenvalue weighted by Crippen LogP contribution is 2.45. The van der Waals surface area contributed by atoms with E-state index < -0.39 is 0 Å². The van der Waals surface area contributed by atoms with Crippen LogP contribution in [-0.2, 0) is 9.59 Å². The Morgan fingerprint density at radius 2 is 2.23 bits per heavy atom. The van der Waals surface area contributed by atoms with E-state index in [1.807, 2.05) is 13.8 Å². The molecule has 0 heterocycles. The Bertz CT molecular complexity index is 349. The summed E-state index contributed by atoms with van der Waals surface area (Å²) in [6.45, 7) is 4.00. The molecule has 0 fully saturated rings. The SMILES string of the molecule is C[C@@H]1CC(=O)C=C2C(=O)[C+]=C[C@]21C. The second-order valence-corrected chi connectivity index (χ2v) is 4.03. The van der Waals surface area contributed by atoms with Crippen molar-refractivity contribution in [2.24, 2.45) is 11.3 Å². The zero-order chi connectivity index (χ0) is 9.64. The van der Waals surface area contributed by atoms with Gasteiger partial charge < -0.3 is 0 Å². The predicted octanol–water partition coefficient (Wildman–Crippen LogP) is 1.47. The van der Waals surface area contributed by atoms with Crippen LogP contribution in [-0.4, -0.2) is 11.6 Å². The van der Waals surface area contributed by atoms with Gasteiger partial charge >= 0.3 is 5.78 Å². The van der Waals surface area contributed by atoms with E-state index in [2.05, 4.69) is 6.08 Å². The second kappa shape index (κ2) is 2.36. The van der Waals surface area contributed by atoms with Gasteiger partial charge in [0.1, 0.15) is 11.5 Å². The van der Waals surface area contributed by atoms with Crippen LogP contribution in [0.2, 0.25) is 0 Å². The number of Topliss-reactive ketones (excluding diaryl/α,β-unsaturated/α-hetero) is 1. The highest BCUT2D eigenvalue weighted by Gasteiger charge is 2.52. The lowest BCUT2D eigenvalue weighted by atomic mass is 9.69. The standard InChI is InChI=1S/C11H11O2/c1-7-5-8(12)6-9-10(13)3-4-11(7,9)2/h4,6-7H,5H2,1-2H3/q+1/t7-,11+/m1/s1. The lowest BCUT2D eigenvalue weighted by Crippen LogP contribution is -2.31. The molecule has 0 amide bonds. The van der Waals surface area contributed by atoms with Gasteiger partial charge in [0.25, 0.3) is 0 Å². The first-order chi connectivity index (χ1) is 6.04. The van der Waals surface area contributed by atoms with Crippen LogP contribution in [0.4, 0.5) is 0 Å². The van der Waals surface area contributed by atoms with E-state index in [9.17, 15) is 9.59 Å². The summed E-state index contributed by atoms with van der Waals surface area (Å²) in [6, 6.07) is 0. The van der Waals surface area contributed by atoms with Crippen molar-refractivity contribution in [2.75, 3.05) is 0 Å². The Hall–Kier alpha value is -1.27. The molecule has 2 atom stereocenters. The van der Waals surface area contributed by atoms with Crippen molar-refractivity contribution < 1.29 is 9.59 Å². The quantitative estimate of drug-likeness (QED) is 0.522. The van der Waals surface area contributed by atoms with Gasteiger partial charge in [-0.1, -0.05) is 6.92 Å². The summed E-state index contributed by atoms with van der Waals surface area (Å²) in [4.78, 5) is 22.6. The summed E-state index contributed by atoms with van der Waals surface area (Å²) < 4.78 is 0. The first-order valence-electron chi connectivity index (χ1n) is 4.44. The Morgan fingerprint density at radius 3 is 2.92 bits per heavy atom. The predicted molar refractivity (Wildman–Crippen MR) is 47.8 cm³/mol. The Balaban J connectivity index is 2.54. The summed E-state index contributed by atoms with van der Waals surface area (Å²) >= 11 is 0. The number of rotatable bonds is 0. The van der Waals surface area contributed by atoms with Gasteiger partial charge in [-0.3, -0.25) is 4.79 Å². The molecule has 0 radical (unpaired) electrons. The molecule has 66 valence electrons. The molecule has 2 rings (SSSR count). The monoisotopic (exact) mass is 175 g/mol. The molecule has 0 spiro atoms. The topological polar surface area (TPSA) is 34.1 Å². The van der Waals surface area contributed by atoms with E-state index in [0.29, 0.717) is 12.0 Å². The first kappa shape index (κ1) is 8.33. The van der Waals surface area contributed by atoms with Gasteiger partial charge in [0.15, 0.2) is 11.4 Å². The number of carbonyl (C=O) groups is 2. The minimum absolute atomic E-state index is 0.0606. The summed E-state index contributed by atoms with van der Waals surface area (Å²) in [5, 5.41) is 0. The van der Waals surface area contributed by atoms with Crippen LogP contribution < -0.4 is 0 Å². The fraction of sp³-hybridized carbons (Fsp3) is 0.455. The molecule has 0 aromatic heterocycles. The third-order valence-corrected chi connectivity index (χ3v) is 3.16. The van der Waals surface area contributed by atoms with Crippen LogP contribution in [0.3, 0.4) is 0 Å². The molecule has 0 saturated heterocycles. The maximum atomic E-state index is 11.3. The van der Waals surface area contributed by atoms with Crippen LogP contribution in [0.5, 0.6) is 0 Å². The van der Waals surface area contributed by atoms with Crippen LogP contribution in [0.25, 0.3) is 0 Å². The van der Waals surface area contributed by atoms with Crippen molar-refractivity contribution in [1.29, 1.82) is 0 Å². The lowest BCUT2D eigenvalue weighted by molar-refractivity contribution is -0.118. The number of hydrogen-bond donors (Lipinski definition) is 0. The largest absolute Gasteiger partial charge is 0.398 e. The van der Waals surface area contributed by atoms with E-state index in [1.165, 1.54) is 6.08 Å². The average molecular weight is 175 g/mol. The normalized spacial score (nSPS) is 37.1. The van der Waals surface area contributed by atoms with Gasteiger partial charge in [0.2, 0.25) is 0 Å². The molecule has 2 aliphatic rings. The summed E-state index contributed by atoms with van der Waals surface area (Å²) in [5.74, 6) is 0.145. The summed E-state index contributed by atoms with van der Waals surface area (Å²) in [7, 11) is 0. The van der Waals surface area contributed by atoms with E-state index in [-0.39, 0.29) is 22.9 Å². The van der Waals surface area contributed by atoms with Gasteiger partial charge in [-0.2, -0.15) is 0 Å². The highest BCUT2D eigenvalue weighted by molar-refractivity contribution is 6.10. The summed E-state index contributed by atoms with van der Waals surface area (Å²) in [6.07, 6.45) is 6.49. The first-order valence-corrected chi connectivity index (χ1v) is 4.44. The average Bonchev–Trinajstić information content (AvgIpc) is 2.33. The van der Waals surface area contributed by atoms with Crippen LogP contribution in [0.1, 0.15) is 20.3 Å². The Kier molecular flexibility index (Phi) is 1.52. The minimum atomic E-state index is -0.245. The minimum Gasteiger partial charge on any atom is -0.293 e. The molecule has 0 N–H and O–H groups in total. The highest BCUT2D eigenvalue weighted by atomic mass is 16.1. The van der Waals surface area contributed by atoms with Gasteiger partial charge in [0, 0.05) is 6.42 Å². The van der Waals surface area contributed by atoms with Crippen molar-refractivity contribution in [3.63, 3.8) is 0 Å². The molecule has 2 nitrogen and oxygen atoms in total. The Morgan fingerprint density at radius 1 is 1.54 bits per heavy atom. The molecule has 0 saturated carbocycles. The van der Waals surface area contributed by atoms with Crippen molar-refractivity contribution in [1.82, 2.24) is 0 Å². The maximum Gasteiger partial charge on any atom is 0.398 e.